The van der Waals surface area contributed by atoms with E-state index in [-0.39, 0.29) is 12.6 Å². The summed E-state index contributed by atoms with van der Waals surface area (Å²) in [7, 11) is 6.92. The molecule has 0 saturated carbocycles. The highest BCUT2D eigenvalue weighted by atomic mass is 16.7. The highest BCUT2D eigenvalue weighted by Crippen LogP contribution is 2.23. The molecular weight excluding hydrogens is 376 g/mol. The van der Waals surface area contributed by atoms with E-state index < -0.39 is 18.1 Å². The van der Waals surface area contributed by atoms with Gasteiger partial charge in [-0.1, -0.05) is 12.1 Å². The standard InChI is InChI=1S/C20H32N4O5/c1-23(2)16-7-5-15(6-8-16)17(24-9-11-29-12-10-24)13-21-19(25)20(26)22-14-18(27-3)28-4/h5-8,17-18H,9-14H2,1-4H3,(H,21,25)(H,22,26)/t17-/m0/s1. The Balaban J connectivity index is 2.00. The van der Waals surface area contributed by atoms with Crippen molar-refractivity contribution >= 4 is 17.5 Å². The van der Waals surface area contributed by atoms with Crippen molar-refractivity contribution in [3.05, 3.63) is 29.8 Å². The average Bonchev–Trinajstić information content (AvgIpc) is 2.75. The first-order valence-corrected chi connectivity index (χ1v) is 9.67. The molecule has 9 heteroatoms. The van der Waals surface area contributed by atoms with Crippen LogP contribution in [-0.4, -0.2) is 90.7 Å². The Kier molecular flexibility index (Phi) is 9.33. The van der Waals surface area contributed by atoms with Crippen LogP contribution in [0, 0.1) is 0 Å². The minimum absolute atomic E-state index is 0.0439. The predicted molar refractivity (Wildman–Crippen MR) is 110 cm³/mol. The zero-order valence-corrected chi connectivity index (χ0v) is 17.6. The fourth-order valence-electron chi connectivity index (χ4n) is 3.13. The molecule has 2 N–H and O–H groups in total. The summed E-state index contributed by atoms with van der Waals surface area (Å²) in [5, 5.41) is 5.26. The maximum atomic E-state index is 12.2. The van der Waals surface area contributed by atoms with E-state index in [1.165, 1.54) is 14.2 Å². The summed E-state index contributed by atoms with van der Waals surface area (Å²) in [4.78, 5) is 28.6. The topological polar surface area (TPSA) is 92.4 Å². The van der Waals surface area contributed by atoms with E-state index in [2.05, 4.69) is 27.7 Å². The predicted octanol–water partition coefficient (Wildman–Crippen LogP) is -0.0228. The Morgan fingerprint density at radius 1 is 1.03 bits per heavy atom. The molecule has 29 heavy (non-hydrogen) atoms. The molecule has 0 unspecified atom stereocenters. The van der Waals surface area contributed by atoms with Crippen LogP contribution in [0.2, 0.25) is 0 Å². The van der Waals surface area contributed by atoms with Crippen molar-refractivity contribution in [3.8, 4) is 0 Å². The largest absolute Gasteiger partial charge is 0.379 e. The van der Waals surface area contributed by atoms with Gasteiger partial charge in [-0.3, -0.25) is 14.5 Å². The first-order chi connectivity index (χ1) is 14.0. The Bertz CT molecular complexity index is 643. The summed E-state index contributed by atoms with van der Waals surface area (Å²) in [5.41, 5.74) is 2.18. The molecule has 0 radical (unpaired) electrons. The van der Waals surface area contributed by atoms with Crippen molar-refractivity contribution in [1.82, 2.24) is 15.5 Å². The van der Waals surface area contributed by atoms with Gasteiger partial charge in [0.2, 0.25) is 0 Å². The third kappa shape index (κ3) is 6.97. The summed E-state index contributed by atoms with van der Waals surface area (Å²) >= 11 is 0. The Labute approximate surface area is 172 Å². The van der Waals surface area contributed by atoms with E-state index in [9.17, 15) is 9.59 Å². The normalized spacial score (nSPS) is 15.8. The first kappa shape index (κ1) is 23.1. The van der Waals surface area contributed by atoms with Gasteiger partial charge in [-0.15, -0.1) is 0 Å². The van der Waals surface area contributed by atoms with Gasteiger partial charge >= 0.3 is 11.8 Å². The number of morpholine rings is 1. The molecular formula is C20H32N4O5. The van der Waals surface area contributed by atoms with E-state index in [0.717, 1.165) is 24.3 Å². The molecule has 0 bridgehead atoms. The van der Waals surface area contributed by atoms with Crippen molar-refractivity contribution in [2.45, 2.75) is 12.3 Å². The van der Waals surface area contributed by atoms with Crippen LogP contribution in [0.25, 0.3) is 0 Å². The number of methoxy groups -OCH3 is 2. The van der Waals surface area contributed by atoms with E-state index in [4.69, 9.17) is 14.2 Å². The van der Waals surface area contributed by atoms with Crippen LogP contribution < -0.4 is 15.5 Å². The van der Waals surface area contributed by atoms with Crippen LogP contribution >= 0.6 is 0 Å². The molecule has 1 saturated heterocycles. The number of hydrogen-bond acceptors (Lipinski definition) is 7. The number of nitrogens with zero attached hydrogens (tertiary/aromatic N) is 2. The van der Waals surface area contributed by atoms with Crippen molar-refractivity contribution in [3.63, 3.8) is 0 Å². The molecule has 0 spiro atoms. The minimum Gasteiger partial charge on any atom is -0.379 e. The smallest absolute Gasteiger partial charge is 0.309 e. The number of benzene rings is 1. The van der Waals surface area contributed by atoms with Crippen molar-refractivity contribution in [2.24, 2.45) is 0 Å². The van der Waals surface area contributed by atoms with Gasteiger partial charge < -0.3 is 29.7 Å². The monoisotopic (exact) mass is 408 g/mol. The molecule has 0 aliphatic carbocycles. The quantitative estimate of drug-likeness (QED) is 0.438. The molecule has 9 nitrogen and oxygen atoms in total. The van der Waals surface area contributed by atoms with E-state index in [0.29, 0.717) is 19.8 Å². The second-order valence-corrected chi connectivity index (χ2v) is 6.97. The number of anilines is 1. The lowest BCUT2D eigenvalue weighted by Gasteiger charge is -2.35. The van der Waals surface area contributed by atoms with Gasteiger partial charge in [-0.05, 0) is 17.7 Å². The third-order valence-electron chi connectivity index (χ3n) is 4.90. The van der Waals surface area contributed by atoms with Gasteiger partial charge in [0, 0.05) is 53.6 Å². The van der Waals surface area contributed by atoms with E-state index >= 15 is 0 Å². The van der Waals surface area contributed by atoms with E-state index in [1.807, 2.05) is 31.1 Å². The number of rotatable bonds is 9. The molecule has 1 aliphatic rings. The number of carbonyl (C=O) groups is 2. The number of amides is 2. The third-order valence-corrected chi connectivity index (χ3v) is 4.90. The molecule has 1 aromatic rings. The maximum absolute atomic E-state index is 12.2. The molecule has 2 amide bonds. The second kappa shape index (κ2) is 11.7. The Morgan fingerprint density at radius 2 is 1.59 bits per heavy atom. The van der Waals surface area contributed by atoms with Gasteiger partial charge in [-0.25, -0.2) is 0 Å². The molecule has 0 aromatic heterocycles. The lowest BCUT2D eigenvalue weighted by Crippen LogP contribution is -2.47. The fraction of sp³-hybridized carbons (Fsp3) is 0.600. The SMILES string of the molecule is COC(CNC(=O)C(=O)NC[C@@H](c1ccc(N(C)C)cc1)N1CCOCC1)OC. The van der Waals surface area contributed by atoms with Crippen LogP contribution in [0.4, 0.5) is 5.69 Å². The summed E-state index contributed by atoms with van der Waals surface area (Å²) < 4.78 is 15.5. The first-order valence-electron chi connectivity index (χ1n) is 9.67. The fourth-order valence-corrected chi connectivity index (χ4v) is 3.13. The Hall–Kier alpha value is -2.20. The molecule has 1 aromatic carbocycles. The second-order valence-electron chi connectivity index (χ2n) is 6.97. The van der Waals surface area contributed by atoms with Crippen molar-refractivity contribution in [1.29, 1.82) is 0 Å². The zero-order chi connectivity index (χ0) is 21.2. The summed E-state index contributed by atoms with van der Waals surface area (Å²) in [5.74, 6) is -1.40. The number of carbonyl (C=O) groups excluding carboxylic acids is 2. The van der Waals surface area contributed by atoms with Crippen LogP contribution in [0.15, 0.2) is 24.3 Å². The lowest BCUT2D eigenvalue weighted by molar-refractivity contribution is -0.142. The molecule has 2 rings (SSSR count). The summed E-state index contributed by atoms with van der Waals surface area (Å²) in [6, 6.07) is 8.17. The van der Waals surface area contributed by atoms with Gasteiger partial charge in [-0.2, -0.15) is 0 Å². The van der Waals surface area contributed by atoms with Crippen LogP contribution in [0.1, 0.15) is 11.6 Å². The number of nitrogens with one attached hydrogen (secondary N) is 2. The van der Waals surface area contributed by atoms with Crippen molar-refractivity contribution in [2.75, 3.05) is 72.6 Å². The van der Waals surface area contributed by atoms with Gasteiger partial charge in [0.05, 0.1) is 25.8 Å². The van der Waals surface area contributed by atoms with Crippen LogP contribution in [-0.2, 0) is 23.8 Å². The average molecular weight is 408 g/mol. The summed E-state index contributed by atoms with van der Waals surface area (Å²) in [6.07, 6.45) is -0.594. The van der Waals surface area contributed by atoms with Crippen molar-refractivity contribution < 1.29 is 23.8 Å². The lowest BCUT2D eigenvalue weighted by atomic mass is 10.0. The molecule has 1 heterocycles. The van der Waals surface area contributed by atoms with Gasteiger partial charge in [0.1, 0.15) is 0 Å². The molecule has 162 valence electrons. The van der Waals surface area contributed by atoms with E-state index in [1.54, 1.807) is 0 Å². The molecule has 1 atom stereocenters. The Morgan fingerprint density at radius 3 is 2.10 bits per heavy atom. The van der Waals surface area contributed by atoms with Crippen LogP contribution in [0.3, 0.4) is 0 Å². The summed E-state index contributed by atoms with van der Waals surface area (Å²) in [6.45, 7) is 3.26. The van der Waals surface area contributed by atoms with Gasteiger partial charge in [0.15, 0.2) is 6.29 Å². The highest BCUT2D eigenvalue weighted by Gasteiger charge is 2.24. The maximum Gasteiger partial charge on any atom is 0.309 e. The molecule has 1 aliphatic heterocycles. The van der Waals surface area contributed by atoms with Crippen LogP contribution in [0.5, 0.6) is 0 Å². The highest BCUT2D eigenvalue weighted by molar-refractivity contribution is 6.35. The number of hydrogen-bond donors (Lipinski definition) is 2. The number of ether oxygens (including phenoxy) is 3. The minimum atomic E-state index is -0.715. The zero-order valence-electron chi connectivity index (χ0n) is 17.6. The molecule has 1 fully saturated rings. The van der Waals surface area contributed by atoms with Gasteiger partial charge in [0.25, 0.3) is 0 Å².